The van der Waals surface area contributed by atoms with Crippen molar-refractivity contribution >= 4 is 23.2 Å². The molecule has 0 saturated heterocycles. The Labute approximate surface area is 236 Å². The number of hydrogen-bond donors (Lipinski definition) is 0. The van der Waals surface area contributed by atoms with Gasteiger partial charge in [-0.1, -0.05) is 75.9 Å². The third-order valence-electron chi connectivity index (χ3n) is 4.94. The topological polar surface area (TPSA) is 98.7 Å². The van der Waals surface area contributed by atoms with Crippen LogP contribution in [0.25, 0.3) is 0 Å². The summed E-state index contributed by atoms with van der Waals surface area (Å²) in [5.41, 5.74) is 1.37. The number of halogens is 2. The predicted molar refractivity (Wildman–Crippen MR) is 134 cm³/mol. The van der Waals surface area contributed by atoms with E-state index in [9.17, 15) is 20.4 Å². The fraction of sp³-hybridized carbons (Fsp3) is 0.538. The zero-order chi connectivity index (χ0) is 26.3. The van der Waals surface area contributed by atoms with Gasteiger partial charge in [-0.15, -0.1) is 23.7 Å². The summed E-state index contributed by atoms with van der Waals surface area (Å²) in [5, 5.41) is 44.6. The van der Waals surface area contributed by atoms with Crippen LogP contribution in [0.5, 0.6) is 11.5 Å². The second-order valence-corrected chi connectivity index (χ2v) is 9.29. The molecule has 2 aromatic rings. The second kappa shape index (κ2) is 20.3. The summed E-state index contributed by atoms with van der Waals surface area (Å²) in [7, 11) is 3.90. The number of nitrogens with zero attached hydrogens (tertiary/aromatic N) is 2. The van der Waals surface area contributed by atoms with Gasteiger partial charge in [-0.25, -0.2) is 0 Å². The van der Waals surface area contributed by atoms with E-state index in [0.717, 1.165) is 25.9 Å². The molecule has 194 valence electrons. The summed E-state index contributed by atoms with van der Waals surface area (Å²) in [6, 6.07) is 9.61. The van der Waals surface area contributed by atoms with Gasteiger partial charge in [0.05, 0.1) is 0 Å². The van der Waals surface area contributed by atoms with E-state index in [0.29, 0.717) is 34.3 Å². The van der Waals surface area contributed by atoms with Crippen molar-refractivity contribution in [2.45, 2.75) is 65.8 Å². The van der Waals surface area contributed by atoms with Gasteiger partial charge in [0.2, 0.25) is 0 Å². The first-order valence-electron chi connectivity index (χ1n) is 11.5. The zero-order valence-electron chi connectivity index (χ0n) is 21.6. The first-order chi connectivity index (χ1) is 15.9. The van der Waals surface area contributed by atoms with Crippen molar-refractivity contribution in [2.24, 2.45) is 0 Å². The quantitative estimate of drug-likeness (QED) is 0.437. The minimum Gasteiger partial charge on any atom is -0.872 e. The van der Waals surface area contributed by atoms with Gasteiger partial charge in [-0.2, -0.15) is 0 Å². The molecule has 0 radical (unpaired) electrons. The van der Waals surface area contributed by atoms with E-state index < -0.39 is 0 Å². The van der Waals surface area contributed by atoms with E-state index in [1.54, 1.807) is 38.1 Å². The summed E-state index contributed by atoms with van der Waals surface area (Å²) < 4.78 is 0. The normalized spacial score (nSPS) is 12.1. The third-order valence-corrected chi connectivity index (χ3v) is 5.41. The summed E-state index contributed by atoms with van der Waals surface area (Å²) in [6.07, 6.45) is 0.769. The smallest absolute Gasteiger partial charge is 0.872 e. The van der Waals surface area contributed by atoms with E-state index in [1.807, 2.05) is 27.9 Å². The SMILES string of the molecule is CC[C@H](C)[O-].CC[C@H](C)[O-].CN(CCN(C)Cc1cc(Cl)ccc1[O-])Cc1cc(Cl)ccc1[O-].[Ti+4]. The molecule has 2 aromatic carbocycles. The Morgan fingerprint density at radius 2 is 1.00 bits per heavy atom. The molecule has 0 amide bonds. The van der Waals surface area contributed by atoms with Crippen LogP contribution >= 0.6 is 23.2 Å². The minimum atomic E-state index is -0.366. The second-order valence-electron chi connectivity index (χ2n) is 8.42. The summed E-state index contributed by atoms with van der Waals surface area (Å²) in [4.78, 5) is 4.11. The Kier molecular flexibility index (Phi) is 21.0. The zero-order valence-corrected chi connectivity index (χ0v) is 24.7. The van der Waals surface area contributed by atoms with E-state index in [2.05, 4.69) is 9.80 Å². The fourth-order valence-corrected chi connectivity index (χ4v) is 2.81. The van der Waals surface area contributed by atoms with Gasteiger partial charge in [0.15, 0.2) is 0 Å². The summed E-state index contributed by atoms with van der Waals surface area (Å²) in [6.45, 7) is 9.71. The molecule has 2 atom stereocenters. The molecular formula is C26H38Cl2N2O4Ti. The van der Waals surface area contributed by atoms with Crippen LogP contribution in [0.4, 0.5) is 0 Å². The molecule has 0 aliphatic heterocycles. The first-order valence-corrected chi connectivity index (χ1v) is 12.2. The van der Waals surface area contributed by atoms with Crippen LogP contribution in [0, 0.1) is 0 Å². The van der Waals surface area contributed by atoms with Gasteiger partial charge in [0.25, 0.3) is 0 Å². The van der Waals surface area contributed by atoms with Crippen molar-refractivity contribution in [1.82, 2.24) is 9.80 Å². The molecule has 6 nitrogen and oxygen atoms in total. The summed E-state index contributed by atoms with van der Waals surface area (Å²) >= 11 is 11.9. The monoisotopic (exact) mass is 560 g/mol. The molecule has 0 N–H and O–H groups in total. The predicted octanol–water partition coefficient (Wildman–Crippen LogP) is 2.99. The molecular weight excluding hydrogens is 523 g/mol. The standard InChI is InChI=1S/C18H22Cl2N2O2.2C4H9O.Ti/c1-21(11-13-9-15(19)3-5-17(13)23)7-8-22(2)12-14-10-16(20)4-6-18(14)24;2*1-3-4(2)5;/h3-6,9-10,23-24H,7-8,11-12H2,1-2H3;2*4H,3H2,1-2H3;/q;2*-1;+4/p-2/t;2*4-;/m.00./s1. The molecule has 0 aliphatic carbocycles. The minimum absolute atomic E-state index is 0. The Balaban J connectivity index is 0. The van der Waals surface area contributed by atoms with Crippen LogP contribution in [0.2, 0.25) is 10.0 Å². The molecule has 0 heterocycles. The van der Waals surface area contributed by atoms with Crippen molar-refractivity contribution in [1.29, 1.82) is 0 Å². The van der Waals surface area contributed by atoms with Crippen molar-refractivity contribution in [3.05, 3.63) is 57.6 Å². The van der Waals surface area contributed by atoms with Crippen molar-refractivity contribution in [3.8, 4) is 11.5 Å². The van der Waals surface area contributed by atoms with Crippen molar-refractivity contribution < 1.29 is 42.1 Å². The third kappa shape index (κ3) is 18.1. The van der Waals surface area contributed by atoms with Gasteiger partial charge in [0, 0.05) is 36.2 Å². The number of benzene rings is 2. The Bertz CT molecular complexity index is 758. The van der Waals surface area contributed by atoms with Crippen LogP contribution in [0.1, 0.15) is 51.7 Å². The van der Waals surface area contributed by atoms with Gasteiger partial charge >= 0.3 is 21.7 Å². The van der Waals surface area contributed by atoms with Crippen LogP contribution in [0.3, 0.4) is 0 Å². The first kappa shape index (κ1) is 36.3. The molecule has 2 rings (SSSR count). The van der Waals surface area contributed by atoms with E-state index in [4.69, 9.17) is 23.2 Å². The molecule has 0 unspecified atom stereocenters. The molecule has 35 heavy (non-hydrogen) atoms. The van der Waals surface area contributed by atoms with Crippen LogP contribution in [-0.4, -0.2) is 49.2 Å². The number of likely N-dealkylation sites (N-methyl/N-ethyl adjacent to an activating group) is 2. The van der Waals surface area contributed by atoms with Gasteiger partial charge < -0.3 is 30.2 Å². The van der Waals surface area contributed by atoms with Crippen LogP contribution in [-0.2, 0) is 34.8 Å². The number of rotatable bonds is 9. The van der Waals surface area contributed by atoms with Crippen molar-refractivity contribution in [3.63, 3.8) is 0 Å². The van der Waals surface area contributed by atoms with E-state index in [-0.39, 0.29) is 45.4 Å². The Morgan fingerprint density at radius 1 is 0.714 bits per heavy atom. The van der Waals surface area contributed by atoms with E-state index in [1.165, 1.54) is 12.1 Å². The number of hydrogen-bond acceptors (Lipinski definition) is 6. The van der Waals surface area contributed by atoms with Gasteiger partial charge in [-0.05, 0) is 49.5 Å². The average Bonchev–Trinajstić information content (AvgIpc) is 2.78. The van der Waals surface area contributed by atoms with E-state index >= 15 is 0 Å². The Morgan fingerprint density at radius 3 is 1.26 bits per heavy atom. The van der Waals surface area contributed by atoms with Gasteiger partial charge in [-0.3, -0.25) is 0 Å². The molecule has 0 aliphatic rings. The molecule has 0 spiro atoms. The molecule has 0 fully saturated rings. The summed E-state index contributed by atoms with van der Waals surface area (Å²) in [5.74, 6) is -0.0101. The Hall–Kier alpha value is -0.826. The van der Waals surface area contributed by atoms with Crippen molar-refractivity contribution in [2.75, 3.05) is 27.2 Å². The molecule has 0 aromatic heterocycles. The molecule has 9 heteroatoms. The maximum absolute atomic E-state index is 11.8. The fourth-order valence-electron chi connectivity index (χ4n) is 2.42. The van der Waals surface area contributed by atoms with Gasteiger partial charge in [0.1, 0.15) is 0 Å². The van der Waals surface area contributed by atoms with Crippen LogP contribution < -0.4 is 20.4 Å². The molecule has 0 saturated carbocycles. The largest absolute Gasteiger partial charge is 4.00 e. The average molecular weight is 561 g/mol. The maximum Gasteiger partial charge on any atom is 4.00 e. The maximum atomic E-state index is 11.8. The van der Waals surface area contributed by atoms with Crippen LogP contribution in [0.15, 0.2) is 36.4 Å². The molecule has 0 bridgehead atoms.